The van der Waals surface area contributed by atoms with E-state index in [1.165, 1.54) is 18.3 Å². The van der Waals surface area contributed by atoms with Crippen LogP contribution in [0.5, 0.6) is 0 Å². The van der Waals surface area contributed by atoms with E-state index in [1.54, 1.807) is 25.1 Å². The third-order valence-electron chi connectivity index (χ3n) is 7.57. The largest absolute Gasteiger partial charge is 0.461 e. The van der Waals surface area contributed by atoms with Crippen LogP contribution in [0.15, 0.2) is 53.8 Å². The fourth-order valence-electron chi connectivity index (χ4n) is 5.41. The first-order valence-electron chi connectivity index (χ1n) is 13.3. The number of terminal acetylenes is 1. The molecule has 2 aliphatic carbocycles. The van der Waals surface area contributed by atoms with E-state index in [9.17, 15) is 14.0 Å². The van der Waals surface area contributed by atoms with E-state index in [0.717, 1.165) is 32.1 Å². The van der Waals surface area contributed by atoms with Crippen LogP contribution in [-0.2, 0) is 19.7 Å². The number of esters is 1. The number of nitrogens with one attached hydrogen (secondary N) is 1. The first-order chi connectivity index (χ1) is 17.9. The molecule has 1 aromatic rings. The van der Waals surface area contributed by atoms with Crippen LogP contribution in [0.4, 0.5) is 4.39 Å². The number of hydrogen-bond donors (Lipinski definition) is 2. The van der Waals surface area contributed by atoms with Crippen LogP contribution in [0.3, 0.4) is 0 Å². The predicted molar refractivity (Wildman–Crippen MR) is 143 cm³/mol. The summed E-state index contributed by atoms with van der Waals surface area (Å²) in [5.74, 6) is 2.65. The molecule has 0 heterocycles. The summed E-state index contributed by atoms with van der Waals surface area (Å²) in [6.45, 7) is 6.30. The third kappa shape index (κ3) is 7.39. The molecule has 2 aliphatic rings. The number of quaternary nitrogens is 1. The predicted octanol–water partition coefficient (Wildman–Crippen LogP) is 3.79. The first kappa shape index (κ1) is 28.3. The molecule has 0 bridgehead atoms. The van der Waals surface area contributed by atoms with Gasteiger partial charge in [0.2, 0.25) is 0 Å². The van der Waals surface area contributed by atoms with Gasteiger partial charge in [-0.1, -0.05) is 50.5 Å². The summed E-state index contributed by atoms with van der Waals surface area (Å²) in [5.41, 5.74) is -0.103. The third-order valence-corrected chi connectivity index (χ3v) is 7.57. The smallest absolute Gasteiger partial charge is 0.316 e. The number of nitrogens with two attached hydrogens (primary N) is 1. The van der Waals surface area contributed by atoms with Gasteiger partial charge in [0, 0.05) is 24.5 Å². The van der Waals surface area contributed by atoms with Crippen LogP contribution in [0.25, 0.3) is 0 Å². The van der Waals surface area contributed by atoms with Crippen molar-refractivity contribution in [1.82, 2.24) is 5.32 Å². The highest BCUT2D eigenvalue weighted by molar-refractivity contribution is 5.83. The van der Waals surface area contributed by atoms with E-state index in [4.69, 9.17) is 11.2 Å². The summed E-state index contributed by atoms with van der Waals surface area (Å²) < 4.78 is 20.2. The fourth-order valence-corrected chi connectivity index (χ4v) is 5.41. The molecule has 0 spiro atoms. The standard InChI is InChI=1S/C30H38FN3O3/c1-4-17-33-27(6-3)34-28(35)21-32-18-14-25-22(5-2)19-26(25)37-29(36)30(15-9-7-8-10-16-30)23-12-11-13-24(31)20-23/h2,4,6,11-13,17,20,22,25-26,32H,1,7-10,14-16,18-19,21H2,3H3,(H,34,35)/p+1/b27-6+,33-17-. The number of nitrogens with zero attached hydrogens (tertiary/aromatic N) is 1. The van der Waals surface area contributed by atoms with Crippen molar-refractivity contribution in [3.8, 4) is 12.3 Å². The number of carbonyl (C=O) groups is 2. The number of carbonyl (C=O) groups excluding carboxylic acids is 2. The van der Waals surface area contributed by atoms with Gasteiger partial charge in [-0.2, -0.15) is 0 Å². The van der Waals surface area contributed by atoms with E-state index < -0.39 is 5.41 Å². The minimum Gasteiger partial charge on any atom is -0.461 e. The summed E-state index contributed by atoms with van der Waals surface area (Å²) in [4.78, 5) is 30.0. The van der Waals surface area contributed by atoms with Crippen LogP contribution < -0.4 is 10.6 Å². The molecule has 1 amide bonds. The van der Waals surface area contributed by atoms with Gasteiger partial charge >= 0.3 is 5.97 Å². The second kappa shape index (κ2) is 13.9. The zero-order valence-electron chi connectivity index (χ0n) is 21.8. The van der Waals surface area contributed by atoms with Gasteiger partial charge in [0.1, 0.15) is 17.7 Å². The molecular formula is C30H39FN3O3+. The molecule has 0 saturated heterocycles. The van der Waals surface area contributed by atoms with Gasteiger partial charge in [0.05, 0.1) is 12.0 Å². The molecule has 3 N–H and O–H groups in total. The van der Waals surface area contributed by atoms with Crippen molar-refractivity contribution in [3.05, 3.63) is 60.2 Å². The van der Waals surface area contributed by atoms with Crippen LogP contribution in [0.2, 0.25) is 0 Å². The zero-order chi connectivity index (χ0) is 26.7. The van der Waals surface area contributed by atoms with Crippen LogP contribution >= 0.6 is 0 Å². The summed E-state index contributed by atoms with van der Waals surface area (Å²) in [5, 5.41) is 4.68. The Kier molecular flexibility index (Phi) is 10.6. The highest BCUT2D eigenvalue weighted by Gasteiger charge is 2.48. The van der Waals surface area contributed by atoms with E-state index in [2.05, 4.69) is 22.8 Å². The summed E-state index contributed by atoms with van der Waals surface area (Å²) >= 11 is 0. The minimum atomic E-state index is -0.812. The van der Waals surface area contributed by atoms with Gasteiger partial charge in [0.15, 0.2) is 6.54 Å². The summed E-state index contributed by atoms with van der Waals surface area (Å²) in [6.07, 6.45) is 16.9. The second-order valence-corrected chi connectivity index (χ2v) is 9.93. The lowest BCUT2D eigenvalue weighted by molar-refractivity contribution is -0.645. The van der Waals surface area contributed by atoms with Crippen molar-refractivity contribution >= 4 is 18.1 Å². The molecule has 2 fully saturated rings. The average Bonchev–Trinajstić information content (AvgIpc) is 3.15. The number of aliphatic imine (C=N–C) groups is 1. The van der Waals surface area contributed by atoms with Crippen LogP contribution in [-0.4, -0.2) is 37.3 Å². The number of rotatable bonds is 11. The SMILES string of the molecule is C#CC1CC(OC(=O)C2(c3cccc(F)c3)CCCCCC2)C1CC[NH2+]CC(=O)NC(=C/C)/N=C\C=C. The topological polar surface area (TPSA) is 84.4 Å². The van der Waals surface area contributed by atoms with Gasteiger partial charge < -0.3 is 15.4 Å². The fraction of sp³-hybridized carbons (Fsp3) is 0.500. The number of hydrogen-bond acceptors (Lipinski definition) is 4. The van der Waals surface area contributed by atoms with E-state index in [-0.39, 0.29) is 42.2 Å². The Balaban J connectivity index is 1.58. The number of allylic oxidation sites excluding steroid dienone is 2. The molecular weight excluding hydrogens is 469 g/mol. The molecule has 0 aromatic heterocycles. The Morgan fingerprint density at radius 2 is 2.08 bits per heavy atom. The molecule has 2 saturated carbocycles. The Bertz CT molecular complexity index is 1050. The Morgan fingerprint density at radius 3 is 2.73 bits per heavy atom. The molecule has 3 atom stereocenters. The maximum atomic E-state index is 14.1. The van der Waals surface area contributed by atoms with Gasteiger partial charge in [-0.15, -0.1) is 12.3 Å². The number of amides is 1. The van der Waals surface area contributed by atoms with Gasteiger partial charge in [-0.25, -0.2) is 9.38 Å². The average molecular weight is 509 g/mol. The molecule has 0 aliphatic heterocycles. The molecule has 6 nitrogen and oxygen atoms in total. The van der Waals surface area contributed by atoms with Crippen LogP contribution in [0.1, 0.15) is 63.9 Å². The lowest BCUT2D eigenvalue weighted by Crippen LogP contribution is -2.87. The van der Waals surface area contributed by atoms with E-state index in [0.29, 0.717) is 37.2 Å². The number of halogens is 1. The second-order valence-electron chi connectivity index (χ2n) is 9.93. The highest BCUT2D eigenvalue weighted by Crippen LogP contribution is 2.44. The van der Waals surface area contributed by atoms with Crippen molar-refractivity contribution in [2.24, 2.45) is 16.8 Å². The quantitative estimate of drug-likeness (QED) is 0.157. The Labute approximate surface area is 219 Å². The number of ether oxygens (including phenoxy) is 1. The molecule has 7 heteroatoms. The highest BCUT2D eigenvalue weighted by atomic mass is 19.1. The lowest BCUT2D eigenvalue weighted by atomic mass is 9.69. The van der Waals surface area contributed by atoms with Crippen molar-refractivity contribution in [2.45, 2.75) is 69.8 Å². The number of benzene rings is 1. The Morgan fingerprint density at radius 1 is 1.32 bits per heavy atom. The molecule has 1 aromatic carbocycles. The normalized spacial score (nSPS) is 23.4. The summed E-state index contributed by atoms with van der Waals surface area (Å²) in [7, 11) is 0. The monoisotopic (exact) mass is 508 g/mol. The van der Waals surface area contributed by atoms with Gasteiger partial charge in [0.25, 0.3) is 5.91 Å². The Hall–Kier alpha value is -3.24. The minimum absolute atomic E-state index is 0.0437. The molecule has 3 unspecified atom stereocenters. The summed E-state index contributed by atoms with van der Waals surface area (Å²) in [6, 6.07) is 6.41. The van der Waals surface area contributed by atoms with Gasteiger partial charge in [-0.05, 0) is 50.0 Å². The first-order valence-corrected chi connectivity index (χ1v) is 13.3. The molecule has 37 heavy (non-hydrogen) atoms. The van der Waals surface area contributed by atoms with Crippen molar-refractivity contribution < 1.29 is 24.0 Å². The van der Waals surface area contributed by atoms with E-state index in [1.807, 2.05) is 11.4 Å². The van der Waals surface area contributed by atoms with Crippen molar-refractivity contribution in [1.29, 1.82) is 0 Å². The molecule has 3 rings (SSSR count). The van der Waals surface area contributed by atoms with Crippen molar-refractivity contribution in [2.75, 3.05) is 13.1 Å². The zero-order valence-corrected chi connectivity index (χ0v) is 21.8. The maximum absolute atomic E-state index is 14.1. The molecule has 0 radical (unpaired) electrons. The van der Waals surface area contributed by atoms with E-state index >= 15 is 0 Å². The lowest BCUT2D eigenvalue weighted by Gasteiger charge is -2.43. The van der Waals surface area contributed by atoms with Crippen molar-refractivity contribution in [3.63, 3.8) is 0 Å². The molecule has 198 valence electrons. The maximum Gasteiger partial charge on any atom is 0.316 e. The van der Waals surface area contributed by atoms with Crippen LogP contribution in [0, 0.1) is 30.0 Å². The van der Waals surface area contributed by atoms with Gasteiger partial charge in [-0.3, -0.25) is 9.59 Å².